The van der Waals surface area contributed by atoms with Crippen LogP contribution in [-0.4, -0.2) is 29.4 Å². The van der Waals surface area contributed by atoms with Crippen molar-refractivity contribution in [3.63, 3.8) is 0 Å². The zero-order chi connectivity index (χ0) is 17.5. The predicted molar refractivity (Wildman–Crippen MR) is 101 cm³/mol. The molecule has 0 atom stereocenters. The smallest absolute Gasteiger partial charge is 0.221 e. The standard InChI is InChI=1S/C19H25N3O2S/c23-17(10-11-19-22-15-8-4-5-9-16(15)25-19)20-13-12-18(24)21-14-6-2-1-3-7-14/h4-5,8-9,14H,1-3,6-7,10-13H2,(H,20,23)(H,21,24). The first kappa shape index (κ1) is 17.9. The number of nitrogens with one attached hydrogen (secondary N) is 2. The Morgan fingerprint density at radius 2 is 1.88 bits per heavy atom. The minimum absolute atomic E-state index is 0.0234. The van der Waals surface area contributed by atoms with Crippen LogP contribution in [0.4, 0.5) is 0 Å². The van der Waals surface area contributed by atoms with Crippen LogP contribution in [0, 0.1) is 0 Å². The molecule has 6 heteroatoms. The molecule has 0 saturated heterocycles. The Hall–Kier alpha value is -1.95. The Morgan fingerprint density at radius 1 is 1.08 bits per heavy atom. The van der Waals surface area contributed by atoms with Crippen LogP contribution in [0.2, 0.25) is 0 Å². The first-order valence-corrected chi connectivity index (χ1v) is 9.93. The minimum Gasteiger partial charge on any atom is -0.356 e. The highest BCUT2D eigenvalue weighted by Gasteiger charge is 2.15. The average molecular weight is 359 g/mol. The number of aromatic nitrogens is 1. The average Bonchev–Trinajstić information content (AvgIpc) is 3.04. The molecule has 2 N–H and O–H groups in total. The van der Waals surface area contributed by atoms with E-state index in [9.17, 15) is 9.59 Å². The minimum atomic E-state index is -0.0234. The van der Waals surface area contributed by atoms with Crippen molar-refractivity contribution in [1.29, 1.82) is 0 Å². The molecule has 1 aromatic carbocycles. The lowest BCUT2D eigenvalue weighted by Gasteiger charge is -2.22. The van der Waals surface area contributed by atoms with Crippen molar-refractivity contribution in [3.8, 4) is 0 Å². The van der Waals surface area contributed by atoms with E-state index in [4.69, 9.17) is 0 Å². The van der Waals surface area contributed by atoms with Gasteiger partial charge in [0.15, 0.2) is 0 Å². The summed E-state index contributed by atoms with van der Waals surface area (Å²) in [6, 6.07) is 8.32. The summed E-state index contributed by atoms with van der Waals surface area (Å²) < 4.78 is 1.15. The molecule has 1 aliphatic rings. The van der Waals surface area contributed by atoms with Gasteiger partial charge in [-0.2, -0.15) is 0 Å². The molecule has 134 valence electrons. The van der Waals surface area contributed by atoms with Gasteiger partial charge in [0.25, 0.3) is 0 Å². The van der Waals surface area contributed by atoms with Gasteiger partial charge < -0.3 is 10.6 Å². The summed E-state index contributed by atoms with van der Waals surface area (Å²) in [5, 5.41) is 6.88. The van der Waals surface area contributed by atoms with E-state index in [1.165, 1.54) is 19.3 Å². The van der Waals surface area contributed by atoms with Gasteiger partial charge in [-0.25, -0.2) is 4.98 Å². The van der Waals surface area contributed by atoms with Crippen molar-refractivity contribution in [2.45, 2.75) is 57.4 Å². The molecular formula is C19H25N3O2S. The number of fused-ring (bicyclic) bond motifs is 1. The summed E-state index contributed by atoms with van der Waals surface area (Å²) in [4.78, 5) is 28.4. The van der Waals surface area contributed by atoms with Crippen LogP contribution in [0.15, 0.2) is 24.3 Å². The largest absolute Gasteiger partial charge is 0.356 e. The van der Waals surface area contributed by atoms with Gasteiger partial charge in [0.05, 0.1) is 15.2 Å². The first-order valence-electron chi connectivity index (χ1n) is 9.11. The van der Waals surface area contributed by atoms with Crippen molar-refractivity contribution in [1.82, 2.24) is 15.6 Å². The fourth-order valence-electron chi connectivity index (χ4n) is 3.20. The van der Waals surface area contributed by atoms with Gasteiger partial charge in [-0.1, -0.05) is 31.4 Å². The lowest BCUT2D eigenvalue weighted by atomic mass is 9.95. The fraction of sp³-hybridized carbons (Fsp3) is 0.526. The molecular weight excluding hydrogens is 334 g/mol. The van der Waals surface area contributed by atoms with Crippen molar-refractivity contribution in [2.75, 3.05) is 6.54 Å². The van der Waals surface area contributed by atoms with Crippen LogP contribution in [0.25, 0.3) is 10.2 Å². The number of aryl methyl sites for hydroxylation is 1. The van der Waals surface area contributed by atoms with Gasteiger partial charge in [0, 0.05) is 31.8 Å². The van der Waals surface area contributed by atoms with E-state index in [-0.39, 0.29) is 11.8 Å². The van der Waals surface area contributed by atoms with E-state index >= 15 is 0 Å². The zero-order valence-electron chi connectivity index (χ0n) is 14.4. The van der Waals surface area contributed by atoms with Crippen molar-refractivity contribution in [2.24, 2.45) is 0 Å². The molecule has 0 bridgehead atoms. The third kappa shape index (κ3) is 5.53. The maximum absolute atomic E-state index is 11.9. The van der Waals surface area contributed by atoms with Crippen LogP contribution in [0.3, 0.4) is 0 Å². The molecule has 5 nitrogen and oxygen atoms in total. The molecule has 0 radical (unpaired) electrons. The van der Waals surface area contributed by atoms with Gasteiger partial charge in [-0.05, 0) is 25.0 Å². The summed E-state index contributed by atoms with van der Waals surface area (Å²) in [6.45, 7) is 0.400. The molecule has 25 heavy (non-hydrogen) atoms. The maximum Gasteiger partial charge on any atom is 0.221 e. The van der Waals surface area contributed by atoms with E-state index in [1.54, 1.807) is 11.3 Å². The van der Waals surface area contributed by atoms with E-state index in [1.807, 2.05) is 24.3 Å². The number of thiazole rings is 1. The maximum atomic E-state index is 11.9. The highest BCUT2D eigenvalue weighted by atomic mass is 32.1. The number of para-hydroxylation sites is 1. The summed E-state index contributed by atoms with van der Waals surface area (Å²) >= 11 is 1.63. The fourth-order valence-corrected chi connectivity index (χ4v) is 4.16. The number of nitrogens with zero attached hydrogens (tertiary/aromatic N) is 1. The lowest BCUT2D eigenvalue weighted by molar-refractivity contribution is -0.122. The Labute approximate surface area is 152 Å². The van der Waals surface area contributed by atoms with E-state index in [0.717, 1.165) is 28.1 Å². The number of carbonyl (C=O) groups excluding carboxylic acids is 2. The van der Waals surface area contributed by atoms with Gasteiger partial charge >= 0.3 is 0 Å². The van der Waals surface area contributed by atoms with E-state index < -0.39 is 0 Å². The Bertz CT molecular complexity index is 689. The summed E-state index contributed by atoms with van der Waals surface area (Å²) in [6.07, 6.45) is 7.24. The lowest BCUT2D eigenvalue weighted by Crippen LogP contribution is -2.38. The van der Waals surface area contributed by atoms with E-state index in [2.05, 4.69) is 15.6 Å². The molecule has 1 aromatic heterocycles. The predicted octanol–water partition coefficient (Wildman–Crippen LogP) is 3.18. The van der Waals surface area contributed by atoms with Crippen molar-refractivity contribution in [3.05, 3.63) is 29.3 Å². The second-order valence-corrected chi connectivity index (χ2v) is 7.69. The quantitative estimate of drug-likeness (QED) is 0.797. The number of hydrogen-bond donors (Lipinski definition) is 2. The Morgan fingerprint density at radius 3 is 2.68 bits per heavy atom. The zero-order valence-corrected chi connectivity index (χ0v) is 15.2. The summed E-state index contributed by atoms with van der Waals surface area (Å²) in [5.41, 5.74) is 0.988. The number of benzene rings is 1. The molecule has 0 aliphatic heterocycles. The van der Waals surface area contributed by atoms with Crippen LogP contribution in [0.5, 0.6) is 0 Å². The van der Waals surface area contributed by atoms with Gasteiger partial charge in [0.2, 0.25) is 11.8 Å². The molecule has 1 fully saturated rings. The third-order valence-corrected chi connectivity index (χ3v) is 5.64. The third-order valence-electron chi connectivity index (χ3n) is 4.55. The van der Waals surface area contributed by atoms with Crippen molar-refractivity contribution >= 4 is 33.4 Å². The number of carbonyl (C=O) groups is 2. The molecule has 0 unspecified atom stereocenters. The SMILES string of the molecule is O=C(CCc1nc2ccccc2s1)NCCC(=O)NC1CCCCC1. The second-order valence-electron chi connectivity index (χ2n) is 6.58. The van der Waals surface area contributed by atoms with Crippen LogP contribution < -0.4 is 10.6 Å². The molecule has 1 heterocycles. The molecule has 1 saturated carbocycles. The van der Waals surface area contributed by atoms with Gasteiger partial charge in [0.1, 0.15) is 0 Å². The topological polar surface area (TPSA) is 71.1 Å². The highest BCUT2D eigenvalue weighted by Crippen LogP contribution is 2.22. The van der Waals surface area contributed by atoms with Crippen LogP contribution in [-0.2, 0) is 16.0 Å². The molecule has 0 spiro atoms. The van der Waals surface area contributed by atoms with Crippen LogP contribution in [0.1, 0.15) is 50.0 Å². The highest BCUT2D eigenvalue weighted by molar-refractivity contribution is 7.18. The number of amides is 2. The van der Waals surface area contributed by atoms with Crippen LogP contribution >= 0.6 is 11.3 Å². The second kappa shape index (κ2) is 8.94. The number of rotatable bonds is 7. The summed E-state index contributed by atoms with van der Waals surface area (Å²) in [5.74, 6) is 0.0168. The number of hydrogen-bond acceptors (Lipinski definition) is 4. The Kier molecular flexibility index (Phi) is 6.39. The molecule has 3 rings (SSSR count). The molecule has 1 aliphatic carbocycles. The van der Waals surface area contributed by atoms with Crippen molar-refractivity contribution < 1.29 is 9.59 Å². The molecule has 2 amide bonds. The normalized spacial score (nSPS) is 15.2. The van der Waals surface area contributed by atoms with Gasteiger partial charge in [-0.3, -0.25) is 9.59 Å². The monoisotopic (exact) mass is 359 g/mol. The summed E-state index contributed by atoms with van der Waals surface area (Å²) in [7, 11) is 0. The van der Waals surface area contributed by atoms with Gasteiger partial charge in [-0.15, -0.1) is 11.3 Å². The van der Waals surface area contributed by atoms with E-state index in [0.29, 0.717) is 31.8 Å². The Balaban J connectivity index is 1.33. The molecule has 2 aromatic rings. The first-order chi connectivity index (χ1) is 12.2.